The number of nitrogens with zero attached hydrogens (tertiary/aromatic N) is 1. The van der Waals surface area contributed by atoms with Gasteiger partial charge in [-0.05, 0) is 24.1 Å². The predicted octanol–water partition coefficient (Wildman–Crippen LogP) is 2.91. The van der Waals surface area contributed by atoms with E-state index in [4.69, 9.17) is 15.2 Å². The molecule has 0 aliphatic carbocycles. The molecular weight excluding hydrogens is 252 g/mol. The molecular formula is C16H26N2O2. The van der Waals surface area contributed by atoms with E-state index in [1.165, 1.54) is 6.42 Å². The lowest BCUT2D eigenvalue weighted by Crippen LogP contribution is -2.28. The highest BCUT2D eigenvalue weighted by Crippen LogP contribution is 2.34. The molecule has 1 aliphatic heterocycles. The van der Waals surface area contributed by atoms with E-state index in [1.807, 2.05) is 12.1 Å². The van der Waals surface area contributed by atoms with Crippen molar-refractivity contribution in [3.8, 4) is 11.5 Å². The van der Waals surface area contributed by atoms with Crippen LogP contribution in [0.5, 0.6) is 11.5 Å². The Balaban J connectivity index is 2.11. The van der Waals surface area contributed by atoms with Gasteiger partial charge in [0.05, 0.1) is 0 Å². The fourth-order valence-electron chi connectivity index (χ4n) is 2.40. The van der Waals surface area contributed by atoms with E-state index >= 15 is 0 Å². The van der Waals surface area contributed by atoms with E-state index in [1.54, 1.807) is 0 Å². The lowest BCUT2D eigenvalue weighted by molar-refractivity contribution is 0.171. The summed E-state index contributed by atoms with van der Waals surface area (Å²) in [6, 6.07) is 3.92. The van der Waals surface area contributed by atoms with Crippen LogP contribution in [-0.4, -0.2) is 31.2 Å². The molecule has 4 heteroatoms. The van der Waals surface area contributed by atoms with Crippen LogP contribution in [0.2, 0.25) is 0 Å². The zero-order chi connectivity index (χ0) is 14.5. The van der Waals surface area contributed by atoms with Gasteiger partial charge in [-0.25, -0.2) is 0 Å². The Hall–Kier alpha value is -1.42. The number of hydrogen-bond acceptors (Lipinski definition) is 4. The minimum Gasteiger partial charge on any atom is -0.486 e. The van der Waals surface area contributed by atoms with Gasteiger partial charge < -0.3 is 15.2 Å². The molecule has 0 saturated carbocycles. The molecule has 1 aliphatic rings. The minimum atomic E-state index is 0.598. The van der Waals surface area contributed by atoms with Gasteiger partial charge in [0, 0.05) is 24.8 Å². The molecule has 0 aromatic heterocycles. The number of anilines is 1. The highest BCUT2D eigenvalue weighted by molar-refractivity contribution is 5.58. The van der Waals surface area contributed by atoms with E-state index in [9.17, 15) is 0 Å². The fourth-order valence-corrected chi connectivity index (χ4v) is 2.40. The molecule has 1 atom stereocenters. The van der Waals surface area contributed by atoms with Gasteiger partial charge >= 0.3 is 0 Å². The van der Waals surface area contributed by atoms with Crippen molar-refractivity contribution in [2.45, 2.75) is 33.7 Å². The second-order valence-corrected chi connectivity index (χ2v) is 5.54. The first-order valence-corrected chi connectivity index (χ1v) is 7.54. The third-order valence-electron chi connectivity index (χ3n) is 3.91. The summed E-state index contributed by atoms with van der Waals surface area (Å²) >= 11 is 0. The Kier molecular flexibility index (Phi) is 5.12. The number of ether oxygens (including phenoxy) is 2. The van der Waals surface area contributed by atoms with Crippen molar-refractivity contribution < 1.29 is 9.47 Å². The third-order valence-corrected chi connectivity index (χ3v) is 3.91. The normalized spacial score (nSPS) is 15.4. The average molecular weight is 278 g/mol. The maximum absolute atomic E-state index is 6.15. The maximum Gasteiger partial charge on any atom is 0.163 e. The van der Waals surface area contributed by atoms with Crippen LogP contribution in [0.25, 0.3) is 0 Å². The van der Waals surface area contributed by atoms with Gasteiger partial charge in [-0.15, -0.1) is 0 Å². The first kappa shape index (κ1) is 15.0. The van der Waals surface area contributed by atoms with Gasteiger partial charge in [-0.2, -0.15) is 0 Å². The second-order valence-electron chi connectivity index (χ2n) is 5.54. The van der Waals surface area contributed by atoms with E-state index < -0.39 is 0 Å². The Morgan fingerprint density at radius 1 is 1.20 bits per heavy atom. The quantitative estimate of drug-likeness (QED) is 0.813. The molecule has 112 valence electrons. The largest absolute Gasteiger partial charge is 0.486 e. The molecule has 20 heavy (non-hydrogen) atoms. The highest BCUT2D eigenvalue weighted by Gasteiger charge is 2.16. The average Bonchev–Trinajstić information content (AvgIpc) is 2.46. The summed E-state index contributed by atoms with van der Waals surface area (Å²) in [6.45, 7) is 10.9. The standard InChI is InChI=1S/C16H26N2O2/c1-4-12(3)10-18(5-2)11-13-8-15-16(9-14(13)17)20-7-6-19-15/h8-9,12H,4-7,10-11,17H2,1-3H3. The van der Waals surface area contributed by atoms with E-state index in [2.05, 4.69) is 25.7 Å². The second kappa shape index (κ2) is 6.84. The number of fused-ring (bicyclic) bond motifs is 1. The lowest BCUT2D eigenvalue weighted by Gasteiger charge is -2.26. The molecule has 0 saturated heterocycles. The van der Waals surface area contributed by atoms with Crippen molar-refractivity contribution in [2.24, 2.45) is 5.92 Å². The van der Waals surface area contributed by atoms with E-state index in [0.29, 0.717) is 19.1 Å². The zero-order valence-corrected chi connectivity index (χ0v) is 12.8. The first-order valence-electron chi connectivity index (χ1n) is 7.54. The summed E-state index contributed by atoms with van der Waals surface area (Å²) in [5.74, 6) is 2.29. The van der Waals surface area contributed by atoms with Crippen molar-refractivity contribution in [1.29, 1.82) is 0 Å². The molecule has 1 aromatic carbocycles. The predicted molar refractivity (Wildman–Crippen MR) is 82.3 cm³/mol. The minimum absolute atomic E-state index is 0.598. The molecule has 0 fully saturated rings. The van der Waals surface area contributed by atoms with Gasteiger partial charge in [0.25, 0.3) is 0 Å². The lowest BCUT2D eigenvalue weighted by atomic mass is 10.1. The van der Waals surface area contributed by atoms with Crippen molar-refractivity contribution in [3.63, 3.8) is 0 Å². The van der Waals surface area contributed by atoms with Crippen molar-refractivity contribution in [3.05, 3.63) is 17.7 Å². The SMILES string of the molecule is CCC(C)CN(CC)Cc1cc2c(cc1N)OCCO2. The van der Waals surface area contributed by atoms with Crippen LogP contribution < -0.4 is 15.2 Å². The molecule has 2 rings (SSSR count). The van der Waals surface area contributed by atoms with Crippen LogP contribution >= 0.6 is 0 Å². The molecule has 0 bridgehead atoms. The van der Waals surface area contributed by atoms with Gasteiger partial charge in [0.1, 0.15) is 13.2 Å². The molecule has 1 heterocycles. The molecule has 0 spiro atoms. The van der Waals surface area contributed by atoms with E-state index in [0.717, 1.165) is 42.4 Å². The summed E-state index contributed by atoms with van der Waals surface area (Å²) in [5, 5.41) is 0. The number of nitrogen functional groups attached to an aromatic ring is 1. The van der Waals surface area contributed by atoms with Gasteiger partial charge in [-0.3, -0.25) is 4.90 Å². The van der Waals surface area contributed by atoms with Gasteiger partial charge in [0.15, 0.2) is 11.5 Å². The molecule has 2 N–H and O–H groups in total. The number of rotatable bonds is 6. The number of hydrogen-bond donors (Lipinski definition) is 1. The molecule has 1 aromatic rings. The third kappa shape index (κ3) is 3.57. The van der Waals surface area contributed by atoms with Crippen molar-refractivity contribution >= 4 is 5.69 Å². The topological polar surface area (TPSA) is 47.7 Å². The smallest absolute Gasteiger partial charge is 0.163 e. The monoisotopic (exact) mass is 278 g/mol. The van der Waals surface area contributed by atoms with Crippen LogP contribution in [0.1, 0.15) is 32.8 Å². The Bertz CT molecular complexity index is 448. The summed E-state index contributed by atoms with van der Waals surface area (Å²) in [4.78, 5) is 2.43. The van der Waals surface area contributed by atoms with Crippen molar-refractivity contribution in [1.82, 2.24) is 4.90 Å². The van der Waals surface area contributed by atoms with E-state index in [-0.39, 0.29) is 0 Å². The zero-order valence-electron chi connectivity index (χ0n) is 12.8. The Morgan fingerprint density at radius 3 is 2.45 bits per heavy atom. The molecule has 0 amide bonds. The van der Waals surface area contributed by atoms with Crippen LogP contribution in [0, 0.1) is 5.92 Å². The molecule has 0 radical (unpaired) electrons. The number of nitrogens with two attached hydrogens (primary N) is 1. The van der Waals surface area contributed by atoms with Crippen LogP contribution in [-0.2, 0) is 6.54 Å². The summed E-state index contributed by atoms with van der Waals surface area (Å²) < 4.78 is 11.2. The van der Waals surface area contributed by atoms with Crippen LogP contribution in [0.3, 0.4) is 0 Å². The fraction of sp³-hybridized carbons (Fsp3) is 0.625. The van der Waals surface area contributed by atoms with Crippen LogP contribution in [0.4, 0.5) is 5.69 Å². The maximum atomic E-state index is 6.15. The van der Waals surface area contributed by atoms with Crippen LogP contribution in [0.15, 0.2) is 12.1 Å². The highest BCUT2D eigenvalue weighted by atomic mass is 16.6. The van der Waals surface area contributed by atoms with Gasteiger partial charge in [0.2, 0.25) is 0 Å². The molecule has 1 unspecified atom stereocenters. The summed E-state index contributed by atoms with van der Waals surface area (Å²) in [5.41, 5.74) is 8.06. The Labute approximate surface area is 121 Å². The molecule has 4 nitrogen and oxygen atoms in total. The number of benzene rings is 1. The summed E-state index contributed by atoms with van der Waals surface area (Å²) in [6.07, 6.45) is 1.20. The Morgan fingerprint density at radius 2 is 1.85 bits per heavy atom. The first-order chi connectivity index (χ1) is 9.63. The van der Waals surface area contributed by atoms with Crippen molar-refractivity contribution in [2.75, 3.05) is 32.0 Å². The van der Waals surface area contributed by atoms with Gasteiger partial charge in [-0.1, -0.05) is 27.2 Å². The summed E-state index contributed by atoms with van der Waals surface area (Å²) in [7, 11) is 0.